The highest BCUT2D eigenvalue weighted by atomic mass is 16.5. The zero-order chi connectivity index (χ0) is 22.3. The highest BCUT2D eigenvalue weighted by Gasteiger charge is 2.29. The Kier molecular flexibility index (Phi) is 7.46. The number of carbonyl (C=O) groups is 1. The highest BCUT2D eigenvalue weighted by molar-refractivity contribution is 5.80. The number of benzene rings is 2. The largest absolute Gasteiger partial charge is 0.493 e. The number of carbonyl (C=O) groups excluding carboxylic acids is 1. The molecule has 0 spiro atoms. The Labute approximate surface area is 191 Å². The second-order valence-corrected chi connectivity index (χ2v) is 9.09. The smallest absolute Gasteiger partial charge is 0.223 e. The number of fused-ring (bicyclic) bond motifs is 1. The molecule has 5 heteroatoms. The molecule has 4 rings (SSSR count). The van der Waals surface area contributed by atoms with Gasteiger partial charge in [0, 0.05) is 25.4 Å². The van der Waals surface area contributed by atoms with Crippen LogP contribution in [0.3, 0.4) is 0 Å². The first-order valence-corrected chi connectivity index (χ1v) is 12.1. The van der Waals surface area contributed by atoms with Gasteiger partial charge in [0.2, 0.25) is 5.91 Å². The van der Waals surface area contributed by atoms with Gasteiger partial charge in [-0.05, 0) is 61.8 Å². The van der Waals surface area contributed by atoms with Crippen molar-refractivity contribution in [1.82, 2.24) is 14.9 Å². The fourth-order valence-electron chi connectivity index (χ4n) is 4.16. The highest BCUT2D eigenvalue weighted by Crippen LogP contribution is 2.28. The van der Waals surface area contributed by atoms with Crippen LogP contribution in [0, 0.1) is 5.92 Å². The molecule has 1 N–H and O–H groups in total. The van der Waals surface area contributed by atoms with Crippen molar-refractivity contribution in [2.75, 3.05) is 13.2 Å². The van der Waals surface area contributed by atoms with Crippen molar-refractivity contribution in [1.29, 1.82) is 0 Å². The maximum atomic E-state index is 11.8. The molecule has 3 aromatic rings. The predicted octanol–water partition coefficient (Wildman–Crippen LogP) is 5.48. The average molecular weight is 434 g/mol. The number of aromatic nitrogens is 2. The Morgan fingerprint density at radius 2 is 1.88 bits per heavy atom. The molecule has 1 fully saturated rings. The summed E-state index contributed by atoms with van der Waals surface area (Å²) in [4.78, 5) is 16.7. The molecule has 0 saturated heterocycles. The summed E-state index contributed by atoms with van der Waals surface area (Å²) in [7, 11) is 0. The van der Waals surface area contributed by atoms with E-state index in [9.17, 15) is 4.79 Å². The van der Waals surface area contributed by atoms with E-state index in [-0.39, 0.29) is 11.8 Å². The zero-order valence-corrected chi connectivity index (χ0v) is 19.3. The van der Waals surface area contributed by atoms with Crippen molar-refractivity contribution < 1.29 is 9.53 Å². The molecule has 1 aromatic heterocycles. The van der Waals surface area contributed by atoms with Crippen LogP contribution >= 0.6 is 0 Å². The number of hydrogen-bond donors (Lipinski definition) is 1. The lowest BCUT2D eigenvalue weighted by molar-refractivity contribution is -0.122. The third kappa shape index (κ3) is 5.70. The van der Waals surface area contributed by atoms with Gasteiger partial charge >= 0.3 is 0 Å². The number of para-hydroxylation sites is 3. The molecule has 1 saturated carbocycles. The molecule has 0 radical (unpaired) electrons. The van der Waals surface area contributed by atoms with Crippen LogP contribution in [-0.2, 0) is 17.8 Å². The number of nitrogens with one attached hydrogen (secondary N) is 1. The van der Waals surface area contributed by atoms with Gasteiger partial charge in [-0.25, -0.2) is 4.98 Å². The van der Waals surface area contributed by atoms with Crippen LogP contribution in [0.4, 0.5) is 0 Å². The maximum Gasteiger partial charge on any atom is 0.223 e. The van der Waals surface area contributed by atoms with Gasteiger partial charge in [0.25, 0.3) is 0 Å². The summed E-state index contributed by atoms with van der Waals surface area (Å²) in [5.74, 6) is 3.06. The van der Waals surface area contributed by atoms with Gasteiger partial charge in [-0.1, -0.05) is 44.2 Å². The number of ether oxygens (including phenoxy) is 1. The number of imidazole rings is 1. The number of unbranched alkanes of at least 4 members (excludes halogenated alkanes) is 1. The van der Waals surface area contributed by atoms with E-state index >= 15 is 0 Å². The minimum Gasteiger partial charge on any atom is -0.493 e. The van der Waals surface area contributed by atoms with Gasteiger partial charge in [-0.15, -0.1) is 0 Å². The van der Waals surface area contributed by atoms with Crippen LogP contribution in [0.2, 0.25) is 0 Å². The Balaban J connectivity index is 1.29. The molecule has 1 amide bonds. The van der Waals surface area contributed by atoms with Crippen molar-refractivity contribution in [2.45, 2.75) is 64.8 Å². The molecular formula is C27H35N3O2. The first kappa shape index (κ1) is 22.4. The molecule has 5 nitrogen and oxygen atoms in total. The number of aryl methyl sites for hydroxylation is 2. The second-order valence-electron chi connectivity index (χ2n) is 9.09. The summed E-state index contributed by atoms with van der Waals surface area (Å²) in [5.41, 5.74) is 3.51. The van der Waals surface area contributed by atoms with E-state index in [4.69, 9.17) is 9.72 Å². The SMILES string of the molecule is CC(C)c1ccccc1OCCCCn1c(CCCNC(=O)C2CC2)nc2ccccc21. The fourth-order valence-corrected chi connectivity index (χ4v) is 4.16. The summed E-state index contributed by atoms with van der Waals surface area (Å²) in [6.45, 7) is 6.77. The lowest BCUT2D eigenvalue weighted by Crippen LogP contribution is -2.26. The summed E-state index contributed by atoms with van der Waals surface area (Å²) in [6.07, 6.45) is 5.92. The molecule has 1 heterocycles. The minimum absolute atomic E-state index is 0.220. The van der Waals surface area contributed by atoms with Gasteiger partial charge in [-0.2, -0.15) is 0 Å². The first-order valence-electron chi connectivity index (χ1n) is 12.1. The first-order chi connectivity index (χ1) is 15.6. The van der Waals surface area contributed by atoms with E-state index < -0.39 is 0 Å². The summed E-state index contributed by atoms with van der Waals surface area (Å²) >= 11 is 0. The second kappa shape index (κ2) is 10.7. The van der Waals surface area contributed by atoms with E-state index in [2.05, 4.69) is 60.1 Å². The van der Waals surface area contributed by atoms with Crippen LogP contribution < -0.4 is 10.1 Å². The Hall–Kier alpha value is -2.82. The number of rotatable bonds is 12. The zero-order valence-electron chi connectivity index (χ0n) is 19.3. The van der Waals surface area contributed by atoms with Crippen molar-refractivity contribution in [2.24, 2.45) is 5.92 Å². The molecule has 2 aromatic carbocycles. The fraction of sp³-hybridized carbons (Fsp3) is 0.481. The van der Waals surface area contributed by atoms with Gasteiger partial charge < -0.3 is 14.6 Å². The number of nitrogens with zero attached hydrogens (tertiary/aromatic N) is 2. The van der Waals surface area contributed by atoms with E-state index in [1.807, 2.05) is 12.1 Å². The Morgan fingerprint density at radius 1 is 1.09 bits per heavy atom. The Morgan fingerprint density at radius 3 is 2.69 bits per heavy atom. The van der Waals surface area contributed by atoms with Crippen LogP contribution in [0.15, 0.2) is 48.5 Å². The molecular weight excluding hydrogens is 398 g/mol. The van der Waals surface area contributed by atoms with E-state index in [1.165, 1.54) is 11.1 Å². The maximum absolute atomic E-state index is 11.8. The van der Waals surface area contributed by atoms with E-state index in [0.29, 0.717) is 5.92 Å². The van der Waals surface area contributed by atoms with Crippen molar-refractivity contribution in [3.63, 3.8) is 0 Å². The lowest BCUT2D eigenvalue weighted by atomic mass is 10.0. The van der Waals surface area contributed by atoms with E-state index in [0.717, 1.165) is 75.3 Å². The quantitative estimate of drug-likeness (QED) is 0.385. The molecule has 1 aliphatic carbocycles. The molecule has 32 heavy (non-hydrogen) atoms. The standard InChI is InChI=1S/C27H35N3O2/c1-20(2)22-10-3-6-13-25(22)32-19-8-7-18-30-24-12-5-4-11-23(24)29-26(30)14-9-17-28-27(31)21-15-16-21/h3-6,10-13,20-21H,7-9,14-19H2,1-2H3,(H,28,31). The van der Waals surface area contributed by atoms with Crippen LogP contribution in [0.1, 0.15) is 63.3 Å². The number of hydrogen-bond acceptors (Lipinski definition) is 3. The van der Waals surface area contributed by atoms with Gasteiger partial charge in [0.1, 0.15) is 11.6 Å². The van der Waals surface area contributed by atoms with E-state index in [1.54, 1.807) is 0 Å². The summed E-state index contributed by atoms with van der Waals surface area (Å²) < 4.78 is 8.44. The molecule has 0 bridgehead atoms. The molecule has 0 atom stereocenters. The predicted molar refractivity (Wildman–Crippen MR) is 129 cm³/mol. The third-order valence-corrected chi connectivity index (χ3v) is 6.13. The summed E-state index contributed by atoms with van der Waals surface area (Å²) in [6, 6.07) is 16.7. The topological polar surface area (TPSA) is 56.1 Å². The van der Waals surface area contributed by atoms with Crippen LogP contribution in [-0.4, -0.2) is 28.6 Å². The van der Waals surface area contributed by atoms with Crippen LogP contribution in [0.25, 0.3) is 11.0 Å². The molecule has 0 aliphatic heterocycles. The van der Waals surface area contributed by atoms with Crippen molar-refractivity contribution >= 4 is 16.9 Å². The molecule has 1 aliphatic rings. The van der Waals surface area contributed by atoms with Gasteiger partial charge in [0.15, 0.2) is 0 Å². The van der Waals surface area contributed by atoms with Crippen LogP contribution in [0.5, 0.6) is 5.75 Å². The van der Waals surface area contributed by atoms with Gasteiger partial charge in [-0.3, -0.25) is 4.79 Å². The van der Waals surface area contributed by atoms with Crippen molar-refractivity contribution in [3.8, 4) is 5.75 Å². The lowest BCUT2D eigenvalue weighted by Gasteiger charge is -2.14. The summed E-state index contributed by atoms with van der Waals surface area (Å²) in [5, 5.41) is 3.06. The minimum atomic E-state index is 0.220. The average Bonchev–Trinajstić information content (AvgIpc) is 3.59. The van der Waals surface area contributed by atoms with Crippen molar-refractivity contribution in [3.05, 3.63) is 59.9 Å². The monoisotopic (exact) mass is 433 g/mol. The molecule has 0 unspecified atom stereocenters. The Bertz CT molecular complexity index is 1040. The van der Waals surface area contributed by atoms with Gasteiger partial charge in [0.05, 0.1) is 17.6 Å². The number of amides is 1. The third-order valence-electron chi connectivity index (χ3n) is 6.13. The molecule has 170 valence electrons. The normalized spacial score (nSPS) is 13.6.